The van der Waals surface area contributed by atoms with Crippen molar-refractivity contribution in [3.05, 3.63) is 64.0 Å². The fraction of sp³-hybridized carbons (Fsp3) is 0.250. The van der Waals surface area contributed by atoms with Crippen LogP contribution in [0.1, 0.15) is 41.6 Å². The molecule has 142 valence electrons. The first-order valence-corrected chi connectivity index (χ1v) is 8.93. The van der Waals surface area contributed by atoms with E-state index < -0.39 is 5.97 Å². The van der Waals surface area contributed by atoms with Crippen molar-refractivity contribution in [2.75, 3.05) is 0 Å². The second-order valence-corrected chi connectivity index (χ2v) is 6.88. The van der Waals surface area contributed by atoms with Gasteiger partial charge in [0, 0.05) is 17.6 Å². The first kappa shape index (κ1) is 17.8. The summed E-state index contributed by atoms with van der Waals surface area (Å²) in [5.41, 5.74) is 2.25. The Kier molecular flexibility index (Phi) is 4.38. The predicted octanol–water partition coefficient (Wildman–Crippen LogP) is 2.91. The van der Waals surface area contributed by atoms with Crippen LogP contribution in [0.2, 0.25) is 0 Å². The van der Waals surface area contributed by atoms with E-state index in [1.54, 1.807) is 29.1 Å². The molecule has 0 aliphatic heterocycles. The molecule has 0 saturated heterocycles. The van der Waals surface area contributed by atoms with Crippen LogP contribution in [0.25, 0.3) is 21.9 Å². The molecule has 8 heteroatoms. The number of nitrogens with zero attached hydrogens (tertiary/aromatic N) is 4. The monoisotopic (exact) mass is 377 g/mol. The number of nitrogens with one attached hydrogen (secondary N) is 1. The van der Waals surface area contributed by atoms with Gasteiger partial charge in [-0.15, -0.1) is 0 Å². The third-order valence-corrected chi connectivity index (χ3v) is 4.49. The number of rotatable bonds is 4. The van der Waals surface area contributed by atoms with E-state index >= 15 is 0 Å². The summed E-state index contributed by atoms with van der Waals surface area (Å²) in [4.78, 5) is 36.0. The number of para-hydroxylation sites is 1. The zero-order chi connectivity index (χ0) is 19.8. The van der Waals surface area contributed by atoms with Crippen LogP contribution in [0, 0.1) is 6.92 Å². The molecule has 3 aromatic heterocycles. The summed E-state index contributed by atoms with van der Waals surface area (Å²) in [6.07, 6.45) is 3.14. The normalized spacial score (nSPS) is 11.4. The van der Waals surface area contributed by atoms with Gasteiger partial charge >= 0.3 is 5.97 Å². The quantitative estimate of drug-likeness (QED) is 0.549. The summed E-state index contributed by atoms with van der Waals surface area (Å²) < 4.78 is 7.11. The second-order valence-electron chi connectivity index (χ2n) is 6.88. The van der Waals surface area contributed by atoms with E-state index in [1.807, 2.05) is 26.8 Å². The van der Waals surface area contributed by atoms with Gasteiger partial charge < -0.3 is 9.72 Å². The number of hydrogen-bond acceptors (Lipinski definition) is 6. The van der Waals surface area contributed by atoms with Crippen LogP contribution in [0.5, 0.6) is 0 Å². The summed E-state index contributed by atoms with van der Waals surface area (Å²) in [7, 11) is 0. The van der Waals surface area contributed by atoms with Crippen molar-refractivity contribution < 1.29 is 9.53 Å². The number of aromatic nitrogens is 5. The maximum atomic E-state index is 12.4. The third-order valence-electron chi connectivity index (χ3n) is 4.49. The molecule has 0 saturated carbocycles. The number of carbonyl (C=O) groups excluding carboxylic acids is 1. The third kappa shape index (κ3) is 3.13. The topological polar surface area (TPSA) is 103 Å². The highest BCUT2D eigenvalue weighted by Gasteiger charge is 2.14. The molecule has 0 bridgehead atoms. The van der Waals surface area contributed by atoms with E-state index in [0.717, 1.165) is 10.9 Å². The van der Waals surface area contributed by atoms with E-state index in [9.17, 15) is 9.59 Å². The van der Waals surface area contributed by atoms with Crippen molar-refractivity contribution in [1.82, 2.24) is 24.7 Å². The standard InChI is InChI=1S/C20H19N5O3/c1-11(2)25-18-13(9-22-25)7-14(8-21-18)20(27)28-10-16-23-17-12(3)5-4-6-15(17)19(26)24-16/h4-9,11H,10H2,1-3H3,(H,23,24,26). The van der Waals surface area contributed by atoms with Gasteiger partial charge in [-0.25, -0.2) is 19.4 Å². The summed E-state index contributed by atoms with van der Waals surface area (Å²) >= 11 is 0. The van der Waals surface area contributed by atoms with Crippen molar-refractivity contribution in [1.29, 1.82) is 0 Å². The molecule has 0 aliphatic carbocycles. The smallest absolute Gasteiger partial charge is 0.340 e. The minimum absolute atomic E-state index is 0.137. The number of pyridine rings is 1. The van der Waals surface area contributed by atoms with Crippen LogP contribution in [-0.2, 0) is 11.3 Å². The first-order valence-electron chi connectivity index (χ1n) is 8.93. The van der Waals surface area contributed by atoms with E-state index in [4.69, 9.17) is 4.74 Å². The maximum absolute atomic E-state index is 12.4. The largest absolute Gasteiger partial charge is 0.454 e. The van der Waals surface area contributed by atoms with Gasteiger partial charge in [-0.05, 0) is 38.5 Å². The molecule has 1 aromatic carbocycles. The van der Waals surface area contributed by atoms with E-state index in [0.29, 0.717) is 27.9 Å². The molecule has 0 radical (unpaired) electrons. The fourth-order valence-electron chi connectivity index (χ4n) is 3.07. The number of hydrogen-bond donors (Lipinski definition) is 1. The van der Waals surface area contributed by atoms with Gasteiger partial charge in [0.05, 0.1) is 22.7 Å². The summed E-state index contributed by atoms with van der Waals surface area (Å²) in [5.74, 6) is -0.249. The molecular weight excluding hydrogens is 358 g/mol. The number of aryl methyl sites for hydroxylation is 1. The number of fused-ring (bicyclic) bond motifs is 2. The van der Waals surface area contributed by atoms with Gasteiger partial charge in [0.25, 0.3) is 5.56 Å². The van der Waals surface area contributed by atoms with E-state index in [2.05, 4.69) is 20.1 Å². The highest BCUT2D eigenvalue weighted by molar-refractivity contribution is 5.93. The summed E-state index contributed by atoms with van der Waals surface area (Å²) in [6.45, 7) is 5.76. The maximum Gasteiger partial charge on any atom is 0.340 e. The number of ether oxygens (including phenoxy) is 1. The van der Waals surface area contributed by atoms with Gasteiger partial charge in [0.2, 0.25) is 0 Å². The Hall–Kier alpha value is -3.55. The van der Waals surface area contributed by atoms with Gasteiger partial charge in [-0.1, -0.05) is 12.1 Å². The van der Waals surface area contributed by atoms with Crippen LogP contribution in [0.4, 0.5) is 0 Å². The van der Waals surface area contributed by atoms with Gasteiger partial charge in [-0.3, -0.25) is 4.79 Å². The second kappa shape index (κ2) is 6.88. The molecule has 1 N–H and O–H groups in total. The fourth-order valence-corrected chi connectivity index (χ4v) is 3.07. The molecule has 0 fully saturated rings. The van der Waals surface area contributed by atoms with Crippen LogP contribution in [0.15, 0.2) is 41.5 Å². The highest BCUT2D eigenvalue weighted by atomic mass is 16.5. The number of benzene rings is 1. The molecule has 4 rings (SSSR count). The van der Waals surface area contributed by atoms with E-state index in [-0.39, 0.29) is 18.2 Å². The Balaban J connectivity index is 1.56. The van der Waals surface area contributed by atoms with Crippen molar-refractivity contribution in [3.63, 3.8) is 0 Å². The average Bonchev–Trinajstić information content (AvgIpc) is 3.10. The molecule has 8 nitrogen and oxygen atoms in total. The lowest BCUT2D eigenvalue weighted by molar-refractivity contribution is 0.0462. The molecule has 3 heterocycles. The van der Waals surface area contributed by atoms with Crippen LogP contribution >= 0.6 is 0 Å². The molecule has 0 unspecified atom stereocenters. The minimum Gasteiger partial charge on any atom is -0.454 e. The molecule has 0 spiro atoms. The predicted molar refractivity (Wildman–Crippen MR) is 104 cm³/mol. The van der Waals surface area contributed by atoms with Gasteiger partial charge in [-0.2, -0.15) is 5.10 Å². The van der Waals surface area contributed by atoms with Crippen molar-refractivity contribution >= 4 is 27.9 Å². The van der Waals surface area contributed by atoms with Crippen molar-refractivity contribution in [2.45, 2.75) is 33.4 Å². The molecular formula is C20H19N5O3. The van der Waals surface area contributed by atoms with Crippen molar-refractivity contribution in [3.8, 4) is 0 Å². The van der Waals surface area contributed by atoms with Gasteiger partial charge in [0.1, 0.15) is 12.4 Å². The number of carbonyl (C=O) groups is 1. The molecule has 0 atom stereocenters. The van der Waals surface area contributed by atoms with E-state index in [1.165, 1.54) is 6.20 Å². The summed E-state index contributed by atoms with van der Waals surface area (Å²) in [6, 6.07) is 7.25. The Labute approximate surface area is 160 Å². The van der Waals surface area contributed by atoms with Crippen LogP contribution < -0.4 is 5.56 Å². The Morgan fingerprint density at radius 2 is 2.11 bits per heavy atom. The Morgan fingerprint density at radius 1 is 1.29 bits per heavy atom. The molecule has 0 amide bonds. The lowest BCUT2D eigenvalue weighted by Gasteiger charge is -2.08. The average molecular weight is 377 g/mol. The lowest BCUT2D eigenvalue weighted by Crippen LogP contribution is -2.15. The zero-order valence-corrected chi connectivity index (χ0v) is 15.8. The number of aromatic amines is 1. The minimum atomic E-state index is -0.542. The lowest BCUT2D eigenvalue weighted by atomic mass is 10.1. The molecule has 4 aromatic rings. The summed E-state index contributed by atoms with van der Waals surface area (Å²) in [5, 5.41) is 5.55. The first-order chi connectivity index (χ1) is 13.4. The molecule has 0 aliphatic rings. The van der Waals surface area contributed by atoms with Crippen molar-refractivity contribution in [2.24, 2.45) is 0 Å². The van der Waals surface area contributed by atoms with Crippen LogP contribution in [-0.4, -0.2) is 30.7 Å². The Bertz CT molecular complexity index is 1260. The number of esters is 1. The SMILES string of the molecule is Cc1cccc2c(=O)[nH]c(COC(=O)c3cnc4c(cnn4C(C)C)c3)nc12. The van der Waals surface area contributed by atoms with Gasteiger partial charge in [0.15, 0.2) is 5.65 Å². The zero-order valence-electron chi connectivity index (χ0n) is 15.8. The highest BCUT2D eigenvalue weighted by Crippen LogP contribution is 2.17. The van der Waals surface area contributed by atoms with Crippen LogP contribution in [0.3, 0.4) is 0 Å². The Morgan fingerprint density at radius 3 is 2.89 bits per heavy atom. The molecule has 28 heavy (non-hydrogen) atoms. The number of H-pyrrole nitrogens is 1.